The Labute approximate surface area is 232 Å². The number of carboxylic acid groups (broad SMARTS) is 1. The highest BCUT2D eigenvalue weighted by atomic mass is 16.6. The molecule has 0 radical (unpaired) electrons. The molecule has 3 N–H and O–H groups in total. The molecule has 0 aliphatic carbocycles. The Balaban J connectivity index is 3.48. The third-order valence-electron chi connectivity index (χ3n) is 7.64. The van der Waals surface area contributed by atoms with Gasteiger partial charge in [0.05, 0.1) is 17.4 Å². The lowest BCUT2D eigenvalue weighted by Gasteiger charge is -2.29. The fourth-order valence-corrected chi connectivity index (χ4v) is 3.52. The maximum absolute atomic E-state index is 13.0. The van der Waals surface area contributed by atoms with Crippen molar-refractivity contribution >= 4 is 23.9 Å². The minimum absolute atomic E-state index is 0.0113. The van der Waals surface area contributed by atoms with E-state index in [1.165, 1.54) is 12.1 Å². The van der Waals surface area contributed by atoms with E-state index < -0.39 is 46.6 Å². The molecule has 0 aromatic heterocycles. The number of rotatable bonds is 15. The molecule has 0 saturated carbocycles. The summed E-state index contributed by atoms with van der Waals surface area (Å²) in [7, 11) is 0. The first-order valence-electron chi connectivity index (χ1n) is 13.7. The van der Waals surface area contributed by atoms with Crippen LogP contribution >= 0.6 is 0 Å². The van der Waals surface area contributed by atoms with Crippen LogP contribution in [0.4, 0.5) is 0 Å². The number of esters is 3. The highest BCUT2D eigenvalue weighted by Gasteiger charge is 2.35. The van der Waals surface area contributed by atoms with Crippen molar-refractivity contribution in [2.75, 3.05) is 6.61 Å². The molecule has 0 aliphatic rings. The Morgan fingerprint density at radius 1 is 0.897 bits per heavy atom. The van der Waals surface area contributed by atoms with Gasteiger partial charge >= 0.3 is 23.9 Å². The first-order chi connectivity index (χ1) is 18.0. The summed E-state index contributed by atoms with van der Waals surface area (Å²) in [5, 5.41) is 9.75. The number of hydrogen-bond donors (Lipinski definition) is 2. The predicted molar refractivity (Wildman–Crippen MR) is 148 cm³/mol. The molecule has 220 valence electrons. The summed E-state index contributed by atoms with van der Waals surface area (Å²) in [5.41, 5.74) is 4.97. The van der Waals surface area contributed by atoms with E-state index in [9.17, 15) is 24.3 Å². The van der Waals surface area contributed by atoms with Crippen LogP contribution < -0.4 is 15.2 Å². The fourth-order valence-electron chi connectivity index (χ4n) is 3.52. The third kappa shape index (κ3) is 9.64. The van der Waals surface area contributed by atoms with Crippen LogP contribution in [0, 0.1) is 22.7 Å². The lowest BCUT2D eigenvalue weighted by Crippen LogP contribution is -2.40. The van der Waals surface area contributed by atoms with Gasteiger partial charge < -0.3 is 25.1 Å². The van der Waals surface area contributed by atoms with Gasteiger partial charge in [-0.2, -0.15) is 0 Å². The quantitative estimate of drug-likeness (QED) is 0.215. The summed E-state index contributed by atoms with van der Waals surface area (Å²) >= 11 is 0. The smallest absolute Gasteiger partial charge is 0.321 e. The molecule has 0 aliphatic heterocycles. The zero-order valence-electron chi connectivity index (χ0n) is 25.0. The lowest BCUT2D eigenvalue weighted by molar-refractivity contribution is -0.147. The van der Waals surface area contributed by atoms with Crippen LogP contribution in [0.25, 0.3) is 0 Å². The molecule has 4 atom stereocenters. The molecule has 0 fully saturated rings. The number of carbonyl (C=O) groups excluding carboxylic acids is 3. The minimum atomic E-state index is -1.34. The normalized spacial score (nSPS) is 15.0. The molecule has 0 saturated heterocycles. The highest BCUT2D eigenvalue weighted by Crippen LogP contribution is 2.38. The van der Waals surface area contributed by atoms with Crippen molar-refractivity contribution in [2.24, 2.45) is 28.4 Å². The van der Waals surface area contributed by atoms with E-state index in [4.69, 9.17) is 19.9 Å². The van der Waals surface area contributed by atoms with Gasteiger partial charge in [-0.3, -0.25) is 19.2 Å². The average Bonchev–Trinajstić information content (AvgIpc) is 2.88. The van der Waals surface area contributed by atoms with Crippen LogP contribution in [0.5, 0.6) is 11.5 Å². The van der Waals surface area contributed by atoms with Crippen LogP contribution in [-0.2, 0) is 23.9 Å². The van der Waals surface area contributed by atoms with Crippen LogP contribution in [-0.4, -0.2) is 41.6 Å². The molecular formula is C30H47NO8. The molecule has 0 amide bonds. The van der Waals surface area contributed by atoms with Gasteiger partial charge in [0.15, 0.2) is 11.5 Å². The lowest BCUT2D eigenvalue weighted by atomic mass is 9.82. The summed E-state index contributed by atoms with van der Waals surface area (Å²) in [6.45, 7) is 16.3. The molecule has 0 heterocycles. The van der Waals surface area contributed by atoms with Crippen LogP contribution in [0.15, 0.2) is 18.2 Å². The number of nitrogens with two attached hydrogens (primary N) is 1. The van der Waals surface area contributed by atoms with Gasteiger partial charge in [0, 0.05) is 12.3 Å². The van der Waals surface area contributed by atoms with E-state index in [1.807, 2.05) is 27.7 Å². The Hall–Kier alpha value is -2.94. The van der Waals surface area contributed by atoms with E-state index >= 15 is 0 Å². The van der Waals surface area contributed by atoms with Crippen LogP contribution in [0.3, 0.4) is 0 Å². The van der Waals surface area contributed by atoms with Crippen molar-refractivity contribution in [3.63, 3.8) is 0 Å². The van der Waals surface area contributed by atoms with Gasteiger partial charge in [-0.25, -0.2) is 0 Å². The second kappa shape index (κ2) is 14.4. The van der Waals surface area contributed by atoms with Gasteiger partial charge in [-0.05, 0) is 70.1 Å². The van der Waals surface area contributed by atoms with E-state index in [-0.39, 0.29) is 36.4 Å². The second-order valence-electron chi connectivity index (χ2n) is 11.7. The van der Waals surface area contributed by atoms with Crippen molar-refractivity contribution in [3.05, 3.63) is 23.8 Å². The van der Waals surface area contributed by atoms with Gasteiger partial charge in [-0.15, -0.1) is 0 Å². The van der Waals surface area contributed by atoms with E-state index in [0.717, 1.165) is 6.42 Å². The van der Waals surface area contributed by atoms with Crippen molar-refractivity contribution in [1.29, 1.82) is 0 Å². The topological polar surface area (TPSA) is 142 Å². The fraction of sp³-hybridized carbons (Fsp3) is 0.667. The Kier molecular flexibility index (Phi) is 12.6. The van der Waals surface area contributed by atoms with Gasteiger partial charge in [-0.1, -0.05) is 47.1 Å². The maximum atomic E-state index is 13.0. The average molecular weight is 550 g/mol. The molecule has 3 unspecified atom stereocenters. The van der Waals surface area contributed by atoms with Gasteiger partial charge in [0.2, 0.25) is 0 Å². The van der Waals surface area contributed by atoms with E-state index in [1.54, 1.807) is 40.7 Å². The summed E-state index contributed by atoms with van der Waals surface area (Å²) in [6.07, 6.45) is 2.14. The summed E-state index contributed by atoms with van der Waals surface area (Å²) in [5.74, 6) is -3.70. The maximum Gasteiger partial charge on any atom is 0.321 e. The summed E-state index contributed by atoms with van der Waals surface area (Å²) in [6, 6.07) is 3.21. The van der Waals surface area contributed by atoms with Gasteiger partial charge in [0.25, 0.3) is 0 Å². The largest absolute Gasteiger partial charge is 0.480 e. The molecule has 9 heteroatoms. The molecule has 39 heavy (non-hydrogen) atoms. The van der Waals surface area contributed by atoms with Gasteiger partial charge in [0.1, 0.15) is 6.04 Å². The zero-order valence-corrected chi connectivity index (χ0v) is 25.0. The molecule has 1 aromatic carbocycles. The van der Waals surface area contributed by atoms with Crippen LogP contribution in [0.2, 0.25) is 0 Å². The zero-order chi connectivity index (χ0) is 30.1. The van der Waals surface area contributed by atoms with Crippen molar-refractivity contribution in [3.8, 4) is 11.5 Å². The van der Waals surface area contributed by atoms with E-state index in [2.05, 4.69) is 0 Å². The van der Waals surface area contributed by atoms with Crippen molar-refractivity contribution in [2.45, 2.75) is 100.0 Å². The standard InChI is InChI=1S/C30H47NO8/c1-10-18(4)15-23(32)37-17-19(5)24(25(31)26(33)34)20-13-14-21(38-27(35)29(6,7)11-2)22(16-20)39-28(36)30(8,9)12-3/h13-14,16,18-19,24-25H,10-12,15,17,31H2,1-9H3,(H,33,34)/t18?,19?,24?,25-/m0/s1. The first kappa shape index (κ1) is 34.1. The van der Waals surface area contributed by atoms with E-state index in [0.29, 0.717) is 18.4 Å². The minimum Gasteiger partial charge on any atom is -0.480 e. The number of hydrogen-bond acceptors (Lipinski definition) is 8. The molecule has 1 rings (SSSR count). The number of carboxylic acids is 1. The highest BCUT2D eigenvalue weighted by molar-refractivity contribution is 5.82. The Morgan fingerprint density at radius 3 is 1.87 bits per heavy atom. The number of carbonyl (C=O) groups is 4. The predicted octanol–water partition coefficient (Wildman–Crippen LogP) is 5.48. The molecule has 9 nitrogen and oxygen atoms in total. The molecule has 1 aromatic rings. The number of ether oxygens (including phenoxy) is 3. The molecule has 0 spiro atoms. The Morgan fingerprint density at radius 2 is 1.41 bits per heavy atom. The van der Waals surface area contributed by atoms with Crippen LogP contribution in [0.1, 0.15) is 99.5 Å². The monoisotopic (exact) mass is 549 g/mol. The Bertz CT molecular complexity index is 1020. The molecular weight excluding hydrogens is 502 g/mol. The number of aliphatic carboxylic acids is 1. The summed E-state index contributed by atoms with van der Waals surface area (Å²) < 4.78 is 16.8. The molecule has 0 bridgehead atoms. The number of benzene rings is 1. The van der Waals surface area contributed by atoms with Crippen molar-refractivity contribution in [1.82, 2.24) is 0 Å². The summed E-state index contributed by atoms with van der Waals surface area (Å²) in [4.78, 5) is 50.0. The second-order valence-corrected chi connectivity index (χ2v) is 11.7. The first-order valence-corrected chi connectivity index (χ1v) is 13.7. The SMILES string of the molecule is CCC(C)CC(=O)OCC(C)C(c1ccc(OC(=O)C(C)(C)CC)c(OC(=O)C(C)(C)CC)c1)[C@H](N)C(=O)O. The third-order valence-corrected chi connectivity index (χ3v) is 7.64. The van der Waals surface area contributed by atoms with Crippen molar-refractivity contribution < 1.29 is 38.5 Å².